The van der Waals surface area contributed by atoms with E-state index in [1.807, 2.05) is 0 Å². The first-order valence-corrected chi connectivity index (χ1v) is 10.8. The molecule has 1 fully saturated rings. The number of carbonyl (C=O) groups excluding carboxylic acids is 1. The summed E-state index contributed by atoms with van der Waals surface area (Å²) in [4.78, 5) is 22.4. The molecule has 3 N–H and O–H groups in total. The lowest BCUT2D eigenvalue weighted by molar-refractivity contribution is -0.126. The summed E-state index contributed by atoms with van der Waals surface area (Å²) in [5.41, 5.74) is 6.42. The van der Waals surface area contributed by atoms with Gasteiger partial charge in [-0.3, -0.25) is 4.79 Å². The summed E-state index contributed by atoms with van der Waals surface area (Å²) >= 11 is 1.68. The predicted molar refractivity (Wildman–Crippen MR) is 105 cm³/mol. The third kappa shape index (κ3) is 3.67. The molecule has 0 aromatic carbocycles. The van der Waals surface area contributed by atoms with E-state index in [0.29, 0.717) is 12.3 Å². The van der Waals surface area contributed by atoms with Crippen LogP contribution in [0, 0.1) is 5.92 Å². The second-order valence-corrected chi connectivity index (χ2v) is 8.94. The smallest absolute Gasteiger partial charge is 0.246 e. The van der Waals surface area contributed by atoms with Crippen LogP contribution in [0.1, 0.15) is 68.2 Å². The van der Waals surface area contributed by atoms with Crippen molar-refractivity contribution in [3.05, 3.63) is 16.8 Å². The van der Waals surface area contributed by atoms with Gasteiger partial charge in [0.1, 0.15) is 23.4 Å². The first kappa shape index (κ1) is 18.6. The Hall–Kier alpha value is -1.73. The number of nitrogens with two attached hydrogens (primary N) is 1. The number of aryl methyl sites for hydroxylation is 1. The highest BCUT2D eigenvalue weighted by Crippen LogP contribution is 2.47. The Kier molecular flexibility index (Phi) is 5.32. The van der Waals surface area contributed by atoms with Gasteiger partial charge in [0.05, 0.1) is 5.39 Å². The Morgan fingerprint density at radius 1 is 1.33 bits per heavy atom. The van der Waals surface area contributed by atoms with Crippen molar-refractivity contribution in [2.24, 2.45) is 11.7 Å². The van der Waals surface area contributed by atoms with Gasteiger partial charge in [-0.05, 0) is 62.3 Å². The van der Waals surface area contributed by atoms with Crippen molar-refractivity contribution in [3.8, 4) is 5.88 Å². The van der Waals surface area contributed by atoms with Crippen molar-refractivity contribution in [1.82, 2.24) is 9.97 Å². The quantitative estimate of drug-likeness (QED) is 0.790. The summed E-state index contributed by atoms with van der Waals surface area (Å²) in [6.07, 6.45) is 8.68. The summed E-state index contributed by atoms with van der Waals surface area (Å²) in [6, 6.07) is 0. The monoisotopic (exact) mass is 389 g/mol. The van der Waals surface area contributed by atoms with Crippen LogP contribution in [0.4, 0.5) is 0 Å². The van der Waals surface area contributed by atoms with Gasteiger partial charge in [0.15, 0.2) is 0 Å². The van der Waals surface area contributed by atoms with Gasteiger partial charge in [-0.2, -0.15) is 0 Å². The van der Waals surface area contributed by atoms with Crippen LogP contribution < -0.4 is 10.5 Å². The molecule has 2 aromatic rings. The van der Waals surface area contributed by atoms with E-state index in [9.17, 15) is 9.90 Å². The Bertz CT molecular complexity index is 829. The van der Waals surface area contributed by atoms with E-state index in [2.05, 4.69) is 16.9 Å². The molecule has 1 saturated carbocycles. The lowest BCUT2D eigenvalue weighted by Crippen LogP contribution is -2.29. The molecule has 146 valence electrons. The van der Waals surface area contributed by atoms with Crippen molar-refractivity contribution in [3.63, 3.8) is 0 Å². The van der Waals surface area contributed by atoms with Gasteiger partial charge < -0.3 is 15.6 Å². The van der Waals surface area contributed by atoms with Crippen LogP contribution in [0.5, 0.6) is 5.88 Å². The number of aliphatic hydroxyl groups is 1. The molecule has 2 aliphatic rings. The van der Waals surface area contributed by atoms with Gasteiger partial charge in [0.25, 0.3) is 0 Å². The third-order valence-electron chi connectivity index (χ3n) is 6.18. The van der Waals surface area contributed by atoms with E-state index in [1.54, 1.807) is 17.7 Å². The topological polar surface area (TPSA) is 98.3 Å². The number of primary amides is 1. The first-order valence-electron chi connectivity index (χ1n) is 9.97. The maximum atomic E-state index is 11.3. The molecule has 7 heteroatoms. The number of fused-ring (bicyclic) bond motifs is 3. The van der Waals surface area contributed by atoms with Crippen LogP contribution in [0.15, 0.2) is 6.33 Å². The van der Waals surface area contributed by atoms with E-state index in [4.69, 9.17) is 10.5 Å². The molecule has 0 bridgehead atoms. The highest BCUT2D eigenvalue weighted by molar-refractivity contribution is 7.19. The van der Waals surface area contributed by atoms with Gasteiger partial charge in [0, 0.05) is 4.88 Å². The highest BCUT2D eigenvalue weighted by atomic mass is 32.1. The molecular formula is C20H27N3O3S. The molecule has 0 saturated heterocycles. The second kappa shape index (κ2) is 7.72. The Balaban J connectivity index is 1.60. The third-order valence-corrected chi connectivity index (χ3v) is 7.35. The minimum atomic E-state index is -1.12. The van der Waals surface area contributed by atoms with Crippen molar-refractivity contribution < 1.29 is 14.6 Å². The van der Waals surface area contributed by atoms with Crippen molar-refractivity contribution in [2.45, 2.75) is 76.4 Å². The van der Waals surface area contributed by atoms with E-state index in [0.717, 1.165) is 47.4 Å². The minimum absolute atomic E-state index is 0.0976. The number of hydrogen-bond donors (Lipinski definition) is 2. The van der Waals surface area contributed by atoms with Crippen LogP contribution >= 0.6 is 11.3 Å². The SMILES string of the molecule is CCC1CCC(Oc2ncnc3sc4c(c23)[C@@H](C[C@H](O)C(N)=O)CC4)CC1. The largest absolute Gasteiger partial charge is 0.474 e. The number of rotatable bonds is 6. The zero-order chi connectivity index (χ0) is 19.0. The number of carbonyl (C=O) groups is 1. The molecule has 0 radical (unpaired) electrons. The van der Waals surface area contributed by atoms with Crippen LogP contribution in [0.25, 0.3) is 10.2 Å². The molecule has 0 spiro atoms. The molecule has 0 aliphatic heterocycles. The number of aromatic nitrogens is 2. The molecule has 6 nitrogen and oxygen atoms in total. The van der Waals surface area contributed by atoms with Gasteiger partial charge in [-0.25, -0.2) is 9.97 Å². The summed E-state index contributed by atoms with van der Waals surface area (Å²) in [6.45, 7) is 2.26. The predicted octanol–water partition coefficient (Wildman–Crippen LogP) is 3.31. The molecule has 2 atom stereocenters. The van der Waals surface area contributed by atoms with E-state index >= 15 is 0 Å². The summed E-state index contributed by atoms with van der Waals surface area (Å²) in [7, 11) is 0. The fraction of sp³-hybridized carbons (Fsp3) is 0.650. The zero-order valence-electron chi connectivity index (χ0n) is 15.7. The normalized spacial score (nSPS) is 26.1. The van der Waals surface area contributed by atoms with Crippen molar-refractivity contribution in [2.75, 3.05) is 0 Å². The molecule has 1 amide bonds. The number of aliphatic hydroxyl groups excluding tert-OH is 1. The van der Waals surface area contributed by atoms with Crippen LogP contribution in [-0.4, -0.2) is 33.2 Å². The molecule has 27 heavy (non-hydrogen) atoms. The van der Waals surface area contributed by atoms with Gasteiger partial charge >= 0.3 is 0 Å². The number of amides is 1. The highest BCUT2D eigenvalue weighted by Gasteiger charge is 2.33. The lowest BCUT2D eigenvalue weighted by Gasteiger charge is -2.28. The van der Waals surface area contributed by atoms with E-state index < -0.39 is 12.0 Å². The lowest BCUT2D eigenvalue weighted by atomic mass is 9.86. The van der Waals surface area contributed by atoms with Gasteiger partial charge in [-0.15, -0.1) is 11.3 Å². The Morgan fingerprint density at radius 3 is 2.81 bits per heavy atom. The Labute approximate surface area is 163 Å². The van der Waals surface area contributed by atoms with Gasteiger partial charge in [0.2, 0.25) is 11.8 Å². The molecule has 2 heterocycles. The van der Waals surface area contributed by atoms with Crippen LogP contribution in [-0.2, 0) is 11.2 Å². The summed E-state index contributed by atoms with van der Waals surface area (Å²) in [5.74, 6) is 0.919. The number of nitrogens with zero attached hydrogens (tertiary/aromatic N) is 2. The van der Waals surface area contributed by atoms with Gasteiger partial charge in [-0.1, -0.05) is 13.3 Å². The van der Waals surface area contributed by atoms with Crippen LogP contribution in [0.2, 0.25) is 0 Å². The average molecular weight is 390 g/mol. The van der Waals surface area contributed by atoms with Crippen LogP contribution in [0.3, 0.4) is 0 Å². The standard InChI is InChI=1S/C20H27N3O3S/c1-2-11-3-6-13(7-4-11)26-19-17-16-12(9-14(24)18(21)25)5-8-15(16)27-20(17)23-10-22-19/h10-14,24H,2-9H2,1H3,(H2,21,25)/t11?,12-,13?,14+/m1/s1. The van der Waals surface area contributed by atoms with Crippen molar-refractivity contribution >= 4 is 27.5 Å². The zero-order valence-corrected chi connectivity index (χ0v) is 16.5. The molecule has 2 aromatic heterocycles. The van der Waals surface area contributed by atoms with E-state index in [1.165, 1.54) is 24.1 Å². The maximum Gasteiger partial charge on any atom is 0.246 e. The number of thiophene rings is 1. The van der Waals surface area contributed by atoms with Crippen molar-refractivity contribution in [1.29, 1.82) is 0 Å². The molecular weight excluding hydrogens is 362 g/mol. The maximum absolute atomic E-state index is 11.3. The molecule has 4 rings (SSSR count). The molecule has 0 unspecified atom stereocenters. The molecule has 2 aliphatic carbocycles. The first-order chi connectivity index (χ1) is 13.1. The summed E-state index contributed by atoms with van der Waals surface area (Å²) in [5, 5.41) is 10.9. The average Bonchev–Trinajstić information content (AvgIpc) is 3.22. The minimum Gasteiger partial charge on any atom is -0.474 e. The Morgan fingerprint density at radius 2 is 2.11 bits per heavy atom. The second-order valence-electron chi connectivity index (χ2n) is 7.86. The summed E-state index contributed by atoms with van der Waals surface area (Å²) < 4.78 is 6.35. The number of hydrogen-bond acceptors (Lipinski definition) is 6. The number of ether oxygens (including phenoxy) is 1. The fourth-order valence-electron chi connectivity index (χ4n) is 4.57. The fourth-order valence-corrected chi connectivity index (χ4v) is 5.80. The van der Waals surface area contributed by atoms with E-state index in [-0.39, 0.29) is 12.0 Å².